The second-order valence-corrected chi connectivity index (χ2v) is 6.61. The summed E-state index contributed by atoms with van der Waals surface area (Å²) < 4.78 is 0. The van der Waals surface area contributed by atoms with E-state index in [2.05, 4.69) is 27.1 Å². The fraction of sp³-hybridized carbons (Fsp3) is 0.0526. The molecular weight excluding hydrogens is 330 g/mol. The first kappa shape index (κ1) is 15.4. The number of benzene rings is 2. The van der Waals surface area contributed by atoms with Crippen LogP contribution in [0.15, 0.2) is 60.8 Å². The molecular formula is C19H15N5S. The van der Waals surface area contributed by atoms with Crippen molar-refractivity contribution in [3.63, 3.8) is 0 Å². The molecule has 2 aromatic carbocycles. The summed E-state index contributed by atoms with van der Waals surface area (Å²) in [6.07, 6.45) is 1.68. The van der Waals surface area contributed by atoms with Crippen molar-refractivity contribution >= 4 is 17.2 Å². The summed E-state index contributed by atoms with van der Waals surface area (Å²) in [5.74, 6) is 0.353. The molecule has 0 radical (unpaired) electrons. The molecule has 0 unspecified atom stereocenters. The Hall–Kier alpha value is -3.12. The SMILES string of the molecule is Cc1ccc(-c2cnc(N)c(-c3nnc(-c4ccccc4)s3)n2)cc1. The van der Waals surface area contributed by atoms with Gasteiger partial charge in [-0.1, -0.05) is 71.5 Å². The monoisotopic (exact) mass is 345 g/mol. The number of hydrogen-bond acceptors (Lipinski definition) is 6. The van der Waals surface area contributed by atoms with Gasteiger partial charge in [0.1, 0.15) is 10.7 Å². The lowest BCUT2D eigenvalue weighted by atomic mass is 10.1. The lowest BCUT2D eigenvalue weighted by Gasteiger charge is -2.05. The summed E-state index contributed by atoms with van der Waals surface area (Å²) in [5, 5.41) is 10.0. The van der Waals surface area contributed by atoms with E-state index in [1.54, 1.807) is 6.20 Å². The highest BCUT2D eigenvalue weighted by Gasteiger charge is 2.15. The first-order chi connectivity index (χ1) is 12.2. The zero-order valence-electron chi connectivity index (χ0n) is 13.5. The second-order valence-electron chi connectivity index (χ2n) is 5.63. The number of nitrogen functional groups attached to an aromatic ring is 1. The van der Waals surface area contributed by atoms with Gasteiger partial charge in [0.15, 0.2) is 10.8 Å². The van der Waals surface area contributed by atoms with Crippen LogP contribution in [0.2, 0.25) is 0 Å². The minimum absolute atomic E-state index is 0.353. The number of hydrogen-bond donors (Lipinski definition) is 1. The number of nitrogens with two attached hydrogens (primary N) is 1. The summed E-state index contributed by atoms with van der Waals surface area (Å²) in [6, 6.07) is 18.1. The fourth-order valence-electron chi connectivity index (χ4n) is 2.44. The van der Waals surface area contributed by atoms with Gasteiger partial charge in [-0.25, -0.2) is 9.97 Å². The molecule has 0 atom stereocenters. The van der Waals surface area contributed by atoms with E-state index in [4.69, 9.17) is 5.73 Å². The van der Waals surface area contributed by atoms with Crippen LogP contribution in [0.3, 0.4) is 0 Å². The zero-order chi connectivity index (χ0) is 17.2. The van der Waals surface area contributed by atoms with Crippen molar-refractivity contribution in [3.8, 4) is 32.5 Å². The van der Waals surface area contributed by atoms with E-state index < -0.39 is 0 Å². The minimum Gasteiger partial charge on any atom is -0.382 e. The molecule has 6 heteroatoms. The standard InChI is InChI=1S/C19H15N5S/c1-12-7-9-13(10-8-12)15-11-21-17(20)16(22-15)19-24-23-18(25-19)14-5-3-2-4-6-14/h2-11H,1H3,(H2,20,21). The van der Waals surface area contributed by atoms with Gasteiger partial charge in [0, 0.05) is 11.1 Å². The summed E-state index contributed by atoms with van der Waals surface area (Å²) in [5.41, 5.74) is 10.6. The Morgan fingerprint density at radius 3 is 2.32 bits per heavy atom. The van der Waals surface area contributed by atoms with Gasteiger partial charge < -0.3 is 5.73 Å². The summed E-state index contributed by atoms with van der Waals surface area (Å²) in [4.78, 5) is 8.96. The number of nitrogens with zero attached hydrogens (tertiary/aromatic N) is 4. The largest absolute Gasteiger partial charge is 0.382 e. The van der Waals surface area contributed by atoms with Crippen LogP contribution in [0.25, 0.3) is 32.5 Å². The highest BCUT2D eigenvalue weighted by Crippen LogP contribution is 2.32. The molecule has 2 aromatic heterocycles. The van der Waals surface area contributed by atoms with Crippen LogP contribution in [-0.2, 0) is 0 Å². The van der Waals surface area contributed by atoms with E-state index in [1.807, 2.05) is 54.6 Å². The van der Waals surface area contributed by atoms with Gasteiger partial charge in [-0.3, -0.25) is 0 Å². The molecule has 0 saturated carbocycles. The van der Waals surface area contributed by atoms with Crippen molar-refractivity contribution in [1.29, 1.82) is 0 Å². The quantitative estimate of drug-likeness (QED) is 0.601. The third-order valence-electron chi connectivity index (χ3n) is 3.80. The number of aryl methyl sites for hydroxylation is 1. The van der Waals surface area contributed by atoms with E-state index in [0.717, 1.165) is 21.8 Å². The Bertz CT molecular complexity index is 1010. The maximum absolute atomic E-state index is 6.04. The molecule has 2 N–H and O–H groups in total. The van der Waals surface area contributed by atoms with Gasteiger partial charge in [0.25, 0.3) is 0 Å². The highest BCUT2D eigenvalue weighted by molar-refractivity contribution is 7.17. The molecule has 25 heavy (non-hydrogen) atoms. The molecule has 4 rings (SSSR count). The third-order valence-corrected chi connectivity index (χ3v) is 4.78. The topological polar surface area (TPSA) is 77.6 Å². The van der Waals surface area contributed by atoms with Crippen molar-refractivity contribution in [1.82, 2.24) is 20.2 Å². The first-order valence-electron chi connectivity index (χ1n) is 7.79. The van der Waals surface area contributed by atoms with E-state index in [0.29, 0.717) is 16.5 Å². The highest BCUT2D eigenvalue weighted by atomic mass is 32.1. The van der Waals surface area contributed by atoms with Crippen molar-refractivity contribution in [2.75, 3.05) is 5.73 Å². The summed E-state index contributed by atoms with van der Waals surface area (Å²) >= 11 is 1.45. The first-order valence-corrected chi connectivity index (χ1v) is 8.61. The Balaban J connectivity index is 1.74. The lowest BCUT2D eigenvalue weighted by molar-refractivity contribution is 1.08. The Morgan fingerprint density at radius 1 is 0.840 bits per heavy atom. The Labute approximate surface area is 149 Å². The summed E-state index contributed by atoms with van der Waals surface area (Å²) in [6.45, 7) is 2.05. The molecule has 0 spiro atoms. The van der Waals surface area contributed by atoms with Crippen LogP contribution < -0.4 is 5.73 Å². The normalized spacial score (nSPS) is 10.8. The van der Waals surface area contributed by atoms with Gasteiger partial charge in [-0.05, 0) is 6.92 Å². The number of anilines is 1. The van der Waals surface area contributed by atoms with Crippen molar-refractivity contribution in [2.24, 2.45) is 0 Å². The van der Waals surface area contributed by atoms with E-state index >= 15 is 0 Å². The van der Waals surface area contributed by atoms with Gasteiger partial charge in [-0.2, -0.15) is 0 Å². The zero-order valence-corrected chi connectivity index (χ0v) is 14.4. The Kier molecular flexibility index (Phi) is 3.95. The molecule has 0 aliphatic heterocycles. The van der Waals surface area contributed by atoms with Gasteiger partial charge in [0.2, 0.25) is 0 Å². The third kappa shape index (κ3) is 3.12. The molecule has 0 bridgehead atoms. The van der Waals surface area contributed by atoms with Crippen LogP contribution in [0.5, 0.6) is 0 Å². The van der Waals surface area contributed by atoms with Gasteiger partial charge in [0.05, 0.1) is 11.9 Å². The van der Waals surface area contributed by atoms with E-state index in [-0.39, 0.29) is 0 Å². The van der Waals surface area contributed by atoms with E-state index in [1.165, 1.54) is 16.9 Å². The summed E-state index contributed by atoms with van der Waals surface area (Å²) in [7, 11) is 0. The molecule has 0 saturated heterocycles. The number of aromatic nitrogens is 4. The van der Waals surface area contributed by atoms with Crippen LogP contribution >= 0.6 is 11.3 Å². The maximum atomic E-state index is 6.04. The van der Waals surface area contributed by atoms with Crippen molar-refractivity contribution < 1.29 is 0 Å². The molecule has 122 valence electrons. The van der Waals surface area contributed by atoms with Crippen LogP contribution in [0.1, 0.15) is 5.56 Å². The van der Waals surface area contributed by atoms with Gasteiger partial charge >= 0.3 is 0 Å². The smallest absolute Gasteiger partial charge is 0.170 e. The molecule has 0 aliphatic carbocycles. The lowest BCUT2D eigenvalue weighted by Crippen LogP contribution is -1.98. The van der Waals surface area contributed by atoms with E-state index in [9.17, 15) is 0 Å². The minimum atomic E-state index is 0.353. The molecule has 0 amide bonds. The average Bonchev–Trinajstić information content (AvgIpc) is 3.14. The fourth-order valence-corrected chi connectivity index (χ4v) is 3.28. The molecule has 2 heterocycles. The molecule has 5 nitrogen and oxygen atoms in total. The predicted octanol–water partition coefficient (Wildman–Crippen LogP) is 4.22. The van der Waals surface area contributed by atoms with Crippen LogP contribution in [-0.4, -0.2) is 20.2 Å². The van der Waals surface area contributed by atoms with Crippen molar-refractivity contribution in [3.05, 3.63) is 66.4 Å². The van der Waals surface area contributed by atoms with Crippen LogP contribution in [0, 0.1) is 6.92 Å². The molecule has 0 fully saturated rings. The maximum Gasteiger partial charge on any atom is 0.170 e. The molecule has 4 aromatic rings. The van der Waals surface area contributed by atoms with Crippen LogP contribution in [0.4, 0.5) is 5.82 Å². The van der Waals surface area contributed by atoms with Crippen molar-refractivity contribution in [2.45, 2.75) is 6.92 Å². The predicted molar refractivity (Wildman–Crippen MR) is 101 cm³/mol. The van der Waals surface area contributed by atoms with Gasteiger partial charge in [-0.15, -0.1) is 10.2 Å². The molecule has 0 aliphatic rings. The number of rotatable bonds is 3. The Morgan fingerprint density at radius 2 is 1.56 bits per heavy atom. The second kappa shape index (κ2) is 6.41. The average molecular weight is 345 g/mol.